The summed E-state index contributed by atoms with van der Waals surface area (Å²) in [7, 11) is 1.76. The number of nitrogens with one attached hydrogen (secondary N) is 2. The zero-order valence-electron chi connectivity index (χ0n) is 11.5. The summed E-state index contributed by atoms with van der Waals surface area (Å²) in [4.78, 5) is 25.0. The number of piperazine rings is 1. The molecule has 0 saturated carbocycles. The molecule has 1 unspecified atom stereocenters. The predicted molar refractivity (Wildman–Crippen MR) is 74.1 cm³/mol. The SMILES string of the molecule is Cc1cc(C)cc(N(C)C(=O)C2CNC(=O)CN2)c1. The lowest BCUT2D eigenvalue weighted by molar-refractivity contribution is -0.125. The topological polar surface area (TPSA) is 61.4 Å². The van der Waals surface area contributed by atoms with E-state index < -0.39 is 0 Å². The fraction of sp³-hybridized carbons (Fsp3) is 0.429. The second kappa shape index (κ2) is 5.40. The van der Waals surface area contributed by atoms with Gasteiger partial charge in [0.2, 0.25) is 11.8 Å². The third-order valence-electron chi connectivity index (χ3n) is 3.23. The molecule has 1 heterocycles. The molecule has 1 aromatic rings. The normalized spacial score (nSPS) is 18.9. The van der Waals surface area contributed by atoms with Crippen molar-refractivity contribution in [3.63, 3.8) is 0 Å². The summed E-state index contributed by atoms with van der Waals surface area (Å²) < 4.78 is 0. The second-order valence-electron chi connectivity index (χ2n) is 4.98. The van der Waals surface area contributed by atoms with Gasteiger partial charge in [-0.15, -0.1) is 0 Å². The maximum atomic E-state index is 12.3. The van der Waals surface area contributed by atoms with E-state index in [0.29, 0.717) is 6.54 Å². The molecule has 2 N–H and O–H groups in total. The van der Waals surface area contributed by atoms with E-state index in [1.807, 2.05) is 26.0 Å². The average Bonchev–Trinajstić information content (AvgIpc) is 2.37. The van der Waals surface area contributed by atoms with Crippen molar-refractivity contribution in [1.82, 2.24) is 10.6 Å². The molecule has 5 nitrogen and oxygen atoms in total. The predicted octanol–water partition coefficient (Wildman–Crippen LogP) is 0.354. The first-order valence-corrected chi connectivity index (χ1v) is 6.33. The molecule has 1 saturated heterocycles. The molecule has 102 valence electrons. The summed E-state index contributed by atoms with van der Waals surface area (Å²) in [5.74, 6) is -0.108. The monoisotopic (exact) mass is 261 g/mol. The Kier molecular flexibility index (Phi) is 3.85. The van der Waals surface area contributed by atoms with Gasteiger partial charge >= 0.3 is 0 Å². The summed E-state index contributed by atoms with van der Waals surface area (Å²) in [5, 5.41) is 5.64. The number of anilines is 1. The van der Waals surface area contributed by atoms with Gasteiger partial charge in [-0.2, -0.15) is 0 Å². The first-order chi connectivity index (χ1) is 8.97. The van der Waals surface area contributed by atoms with Crippen molar-refractivity contribution in [2.24, 2.45) is 0 Å². The summed E-state index contributed by atoms with van der Waals surface area (Å²) >= 11 is 0. The molecular weight excluding hydrogens is 242 g/mol. The summed E-state index contributed by atoms with van der Waals surface area (Å²) in [6.45, 7) is 4.55. The number of carbonyl (C=O) groups excluding carboxylic acids is 2. The smallest absolute Gasteiger partial charge is 0.245 e. The Bertz CT molecular complexity index is 483. The van der Waals surface area contributed by atoms with Gasteiger partial charge in [0.1, 0.15) is 6.04 Å². The molecule has 0 bridgehead atoms. The number of likely N-dealkylation sites (N-methyl/N-ethyl adjacent to an activating group) is 1. The molecule has 0 aromatic heterocycles. The molecule has 1 aliphatic heterocycles. The van der Waals surface area contributed by atoms with Gasteiger partial charge in [-0.1, -0.05) is 6.07 Å². The van der Waals surface area contributed by atoms with Crippen molar-refractivity contribution in [2.75, 3.05) is 25.0 Å². The van der Waals surface area contributed by atoms with Crippen LogP contribution in [-0.4, -0.2) is 38.0 Å². The molecule has 5 heteroatoms. The summed E-state index contributed by atoms with van der Waals surface area (Å²) in [5.41, 5.74) is 3.13. The molecule has 1 aromatic carbocycles. The first kappa shape index (κ1) is 13.5. The Morgan fingerprint density at radius 1 is 1.26 bits per heavy atom. The summed E-state index contributed by atoms with van der Waals surface area (Å²) in [6.07, 6.45) is 0. The highest BCUT2D eigenvalue weighted by Crippen LogP contribution is 2.18. The van der Waals surface area contributed by atoms with Crippen molar-refractivity contribution in [3.8, 4) is 0 Å². The van der Waals surface area contributed by atoms with Crippen molar-refractivity contribution in [3.05, 3.63) is 29.3 Å². The molecule has 1 atom stereocenters. The highest BCUT2D eigenvalue weighted by molar-refractivity contribution is 5.98. The molecule has 2 amide bonds. The van der Waals surface area contributed by atoms with E-state index >= 15 is 0 Å². The van der Waals surface area contributed by atoms with Crippen LogP contribution in [0.25, 0.3) is 0 Å². The highest BCUT2D eigenvalue weighted by Gasteiger charge is 2.26. The van der Waals surface area contributed by atoms with Gasteiger partial charge in [0, 0.05) is 19.3 Å². The standard InChI is InChI=1S/C14H19N3O2/c1-9-4-10(2)6-11(5-9)17(3)14(19)12-7-16-13(18)8-15-12/h4-6,12,15H,7-8H2,1-3H3,(H,16,18). The van der Waals surface area contributed by atoms with E-state index in [4.69, 9.17) is 0 Å². The zero-order valence-corrected chi connectivity index (χ0v) is 11.5. The largest absolute Gasteiger partial charge is 0.353 e. The molecule has 1 fully saturated rings. The van der Waals surface area contributed by atoms with Crippen LogP contribution in [0.2, 0.25) is 0 Å². The third kappa shape index (κ3) is 3.12. The van der Waals surface area contributed by atoms with E-state index in [1.165, 1.54) is 0 Å². The van der Waals surface area contributed by atoms with Crippen LogP contribution < -0.4 is 15.5 Å². The number of benzene rings is 1. The minimum atomic E-state index is -0.358. The Morgan fingerprint density at radius 3 is 2.42 bits per heavy atom. The molecule has 1 aliphatic rings. The lowest BCUT2D eigenvalue weighted by Gasteiger charge is -2.28. The van der Waals surface area contributed by atoms with Gasteiger partial charge in [-0.05, 0) is 37.1 Å². The fourth-order valence-electron chi connectivity index (χ4n) is 2.25. The maximum absolute atomic E-state index is 12.3. The van der Waals surface area contributed by atoms with Crippen LogP contribution in [0.3, 0.4) is 0 Å². The van der Waals surface area contributed by atoms with Gasteiger partial charge in [0.25, 0.3) is 0 Å². The molecule has 0 aliphatic carbocycles. The van der Waals surface area contributed by atoms with E-state index in [9.17, 15) is 9.59 Å². The van der Waals surface area contributed by atoms with Crippen LogP contribution >= 0.6 is 0 Å². The van der Waals surface area contributed by atoms with Crippen LogP contribution in [0.15, 0.2) is 18.2 Å². The third-order valence-corrected chi connectivity index (χ3v) is 3.23. The number of aryl methyl sites for hydroxylation is 2. The van der Waals surface area contributed by atoms with Crippen LogP contribution in [0.1, 0.15) is 11.1 Å². The van der Waals surface area contributed by atoms with Gasteiger partial charge in [-0.25, -0.2) is 0 Å². The van der Waals surface area contributed by atoms with Gasteiger partial charge in [0.05, 0.1) is 6.54 Å². The van der Waals surface area contributed by atoms with Crippen molar-refractivity contribution in [1.29, 1.82) is 0 Å². The second-order valence-corrected chi connectivity index (χ2v) is 4.98. The Balaban J connectivity index is 2.12. The van der Waals surface area contributed by atoms with E-state index in [2.05, 4.69) is 16.7 Å². The Morgan fingerprint density at radius 2 is 1.89 bits per heavy atom. The number of amides is 2. The molecular formula is C14H19N3O2. The number of carbonyl (C=O) groups is 2. The van der Waals surface area contributed by atoms with Crippen molar-refractivity contribution in [2.45, 2.75) is 19.9 Å². The highest BCUT2D eigenvalue weighted by atomic mass is 16.2. The zero-order chi connectivity index (χ0) is 14.0. The minimum Gasteiger partial charge on any atom is -0.353 e. The van der Waals surface area contributed by atoms with Gasteiger partial charge in [0.15, 0.2) is 0 Å². The number of hydrogen-bond acceptors (Lipinski definition) is 3. The summed E-state index contributed by atoms with van der Waals surface area (Å²) in [6, 6.07) is 5.67. The lowest BCUT2D eigenvalue weighted by atomic mass is 10.1. The van der Waals surface area contributed by atoms with E-state index in [0.717, 1.165) is 16.8 Å². The van der Waals surface area contributed by atoms with Gasteiger partial charge < -0.3 is 10.2 Å². The van der Waals surface area contributed by atoms with Crippen LogP contribution in [0.4, 0.5) is 5.69 Å². The van der Waals surface area contributed by atoms with Crippen molar-refractivity contribution < 1.29 is 9.59 Å². The molecule has 0 spiro atoms. The van der Waals surface area contributed by atoms with E-state index in [1.54, 1.807) is 11.9 Å². The van der Waals surface area contributed by atoms with Crippen LogP contribution in [0, 0.1) is 13.8 Å². The Hall–Kier alpha value is -1.88. The quantitative estimate of drug-likeness (QED) is 0.808. The number of nitrogens with zero attached hydrogens (tertiary/aromatic N) is 1. The van der Waals surface area contributed by atoms with Crippen LogP contribution in [0.5, 0.6) is 0 Å². The van der Waals surface area contributed by atoms with Crippen molar-refractivity contribution >= 4 is 17.5 Å². The molecule has 0 radical (unpaired) electrons. The lowest BCUT2D eigenvalue weighted by Crippen LogP contribution is -2.58. The first-order valence-electron chi connectivity index (χ1n) is 6.33. The number of rotatable bonds is 2. The minimum absolute atomic E-state index is 0.0370. The van der Waals surface area contributed by atoms with E-state index in [-0.39, 0.29) is 24.4 Å². The maximum Gasteiger partial charge on any atom is 0.245 e. The average molecular weight is 261 g/mol. The molecule has 2 rings (SSSR count). The van der Waals surface area contributed by atoms with Gasteiger partial charge in [-0.3, -0.25) is 14.9 Å². The number of hydrogen-bond donors (Lipinski definition) is 2. The fourth-order valence-corrected chi connectivity index (χ4v) is 2.25. The molecule has 19 heavy (non-hydrogen) atoms. The Labute approximate surface area is 113 Å². The van der Waals surface area contributed by atoms with Crippen LogP contribution in [-0.2, 0) is 9.59 Å².